The Hall–Kier alpha value is -2.60. The van der Waals surface area contributed by atoms with Gasteiger partial charge in [-0.2, -0.15) is 0 Å². The summed E-state index contributed by atoms with van der Waals surface area (Å²) >= 11 is 0. The van der Waals surface area contributed by atoms with E-state index in [4.69, 9.17) is 9.47 Å². The number of carbonyl (C=O) groups excluding carboxylic acids is 2. The molecular formula is C19H22N2O4. The number of methoxy groups -OCH3 is 2. The van der Waals surface area contributed by atoms with Crippen molar-refractivity contribution in [1.82, 2.24) is 9.80 Å². The highest BCUT2D eigenvalue weighted by molar-refractivity contribution is 6.26. The van der Waals surface area contributed by atoms with Crippen LogP contribution in [0.4, 0.5) is 0 Å². The van der Waals surface area contributed by atoms with Gasteiger partial charge in [0.2, 0.25) is 0 Å². The van der Waals surface area contributed by atoms with Gasteiger partial charge in [0, 0.05) is 23.1 Å². The van der Waals surface area contributed by atoms with Crippen molar-refractivity contribution in [3.05, 3.63) is 35.4 Å². The van der Waals surface area contributed by atoms with Crippen LogP contribution in [0.5, 0.6) is 11.5 Å². The molecule has 0 fully saturated rings. The SMILES string of the molecule is COc1ccc2c3c(ccc(OC)c13)C(=O)N(CCCN(C)C)C2=O. The molecule has 0 atom stereocenters. The number of amides is 2. The van der Waals surface area contributed by atoms with Crippen molar-refractivity contribution < 1.29 is 19.1 Å². The van der Waals surface area contributed by atoms with Crippen molar-refractivity contribution in [1.29, 1.82) is 0 Å². The van der Waals surface area contributed by atoms with Gasteiger partial charge in [-0.1, -0.05) is 0 Å². The number of nitrogens with zero attached hydrogens (tertiary/aromatic N) is 2. The van der Waals surface area contributed by atoms with E-state index in [2.05, 4.69) is 0 Å². The molecule has 0 spiro atoms. The molecule has 1 aliphatic rings. The summed E-state index contributed by atoms with van der Waals surface area (Å²) < 4.78 is 10.8. The topological polar surface area (TPSA) is 59.1 Å². The van der Waals surface area contributed by atoms with E-state index in [0.717, 1.165) is 13.0 Å². The number of benzene rings is 2. The van der Waals surface area contributed by atoms with Gasteiger partial charge < -0.3 is 14.4 Å². The van der Waals surface area contributed by atoms with Crippen LogP contribution in [-0.2, 0) is 0 Å². The molecule has 6 nitrogen and oxygen atoms in total. The van der Waals surface area contributed by atoms with Crippen molar-refractivity contribution in [2.75, 3.05) is 41.4 Å². The van der Waals surface area contributed by atoms with Gasteiger partial charge in [-0.3, -0.25) is 14.5 Å². The van der Waals surface area contributed by atoms with Gasteiger partial charge in [-0.15, -0.1) is 0 Å². The third kappa shape index (κ3) is 2.82. The Morgan fingerprint density at radius 3 is 1.84 bits per heavy atom. The van der Waals surface area contributed by atoms with Crippen molar-refractivity contribution >= 4 is 22.6 Å². The molecule has 25 heavy (non-hydrogen) atoms. The standard InChI is InChI=1S/C19H22N2O4/c1-20(2)10-5-11-21-18(22)12-6-8-14(24-3)17-15(25-4)9-7-13(16(12)17)19(21)23/h6-9H,5,10-11H2,1-4H3. The average Bonchev–Trinajstić information content (AvgIpc) is 2.61. The van der Waals surface area contributed by atoms with Crippen LogP contribution in [0.25, 0.3) is 10.8 Å². The lowest BCUT2D eigenvalue weighted by Gasteiger charge is -2.28. The molecule has 0 radical (unpaired) electrons. The fraction of sp³-hybridized carbons (Fsp3) is 0.368. The quantitative estimate of drug-likeness (QED) is 0.755. The predicted molar refractivity (Wildman–Crippen MR) is 95.6 cm³/mol. The van der Waals surface area contributed by atoms with Gasteiger partial charge in [0.05, 0.1) is 19.6 Å². The Kier molecular flexibility index (Phi) is 4.63. The lowest BCUT2D eigenvalue weighted by molar-refractivity contribution is 0.0606. The largest absolute Gasteiger partial charge is 0.496 e. The van der Waals surface area contributed by atoms with Gasteiger partial charge >= 0.3 is 0 Å². The molecule has 0 saturated heterocycles. The summed E-state index contributed by atoms with van der Waals surface area (Å²) in [6.45, 7) is 1.21. The number of hydrogen-bond donors (Lipinski definition) is 0. The third-order valence-corrected chi connectivity index (χ3v) is 4.46. The summed E-state index contributed by atoms with van der Waals surface area (Å²) in [4.78, 5) is 29.2. The van der Waals surface area contributed by atoms with Crippen LogP contribution < -0.4 is 9.47 Å². The second kappa shape index (κ2) is 6.72. The second-order valence-corrected chi connectivity index (χ2v) is 6.30. The number of carbonyl (C=O) groups is 2. The molecule has 0 aromatic heterocycles. The molecule has 0 unspecified atom stereocenters. The molecule has 0 aliphatic carbocycles. The second-order valence-electron chi connectivity index (χ2n) is 6.30. The number of hydrogen-bond acceptors (Lipinski definition) is 5. The highest BCUT2D eigenvalue weighted by Crippen LogP contribution is 2.40. The summed E-state index contributed by atoms with van der Waals surface area (Å²) in [6, 6.07) is 6.93. The summed E-state index contributed by atoms with van der Waals surface area (Å²) in [5.41, 5.74) is 1.02. The highest BCUT2D eigenvalue weighted by Gasteiger charge is 2.34. The summed E-state index contributed by atoms with van der Waals surface area (Å²) in [5, 5.41) is 1.27. The van der Waals surface area contributed by atoms with Crippen molar-refractivity contribution in [3.63, 3.8) is 0 Å². The Morgan fingerprint density at radius 2 is 1.40 bits per heavy atom. The zero-order valence-electron chi connectivity index (χ0n) is 15.0. The zero-order valence-corrected chi connectivity index (χ0v) is 15.0. The zero-order chi connectivity index (χ0) is 18.1. The Bertz CT molecular complexity index is 786. The monoisotopic (exact) mass is 342 g/mol. The van der Waals surface area contributed by atoms with Crippen LogP contribution in [-0.4, -0.2) is 63.0 Å². The Labute approximate surface area is 146 Å². The van der Waals surface area contributed by atoms with Gasteiger partial charge in [0.25, 0.3) is 11.8 Å². The molecule has 0 bridgehead atoms. The van der Waals surface area contributed by atoms with Crippen LogP contribution in [0.15, 0.2) is 24.3 Å². The summed E-state index contributed by atoms with van der Waals surface area (Å²) in [5.74, 6) is 0.632. The van der Waals surface area contributed by atoms with Crippen molar-refractivity contribution in [3.8, 4) is 11.5 Å². The van der Waals surface area contributed by atoms with Crippen LogP contribution in [0, 0.1) is 0 Å². The first kappa shape index (κ1) is 17.2. The first-order chi connectivity index (χ1) is 12.0. The van der Waals surface area contributed by atoms with E-state index < -0.39 is 0 Å². The fourth-order valence-electron chi connectivity index (χ4n) is 3.26. The van der Waals surface area contributed by atoms with E-state index in [1.165, 1.54) is 4.90 Å². The third-order valence-electron chi connectivity index (χ3n) is 4.46. The van der Waals surface area contributed by atoms with Crippen LogP contribution >= 0.6 is 0 Å². The Morgan fingerprint density at radius 1 is 0.880 bits per heavy atom. The summed E-state index contributed by atoms with van der Waals surface area (Å²) in [6.07, 6.45) is 0.731. The maximum Gasteiger partial charge on any atom is 0.261 e. The van der Waals surface area contributed by atoms with E-state index >= 15 is 0 Å². The lowest BCUT2D eigenvalue weighted by atomic mass is 9.92. The average molecular weight is 342 g/mol. The van der Waals surface area contributed by atoms with Gasteiger partial charge in [0.15, 0.2) is 0 Å². The smallest absolute Gasteiger partial charge is 0.261 e. The molecule has 2 aromatic rings. The van der Waals surface area contributed by atoms with Gasteiger partial charge in [0.1, 0.15) is 11.5 Å². The number of ether oxygens (including phenoxy) is 2. The van der Waals surface area contributed by atoms with E-state index in [0.29, 0.717) is 39.9 Å². The maximum absolute atomic E-state index is 12.9. The molecule has 1 aliphatic heterocycles. The minimum atomic E-state index is -0.267. The highest BCUT2D eigenvalue weighted by atomic mass is 16.5. The van der Waals surface area contributed by atoms with Gasteiger partial charge in [-0.05, 0) is 51.3 Å². The summed E-state index contributed by atoms with van der Waals surface area (Å²) in [7, 11) is 7.05. The molecule has 2 amide bonds. The first-order valence-electron chi connectivity index (χ1n) is 8.18. The number of rotatable bonds is 6. The molecule has 0 N–H and O–H groups in total. The molecule has 0 saturated carbocycles. The van der Waals surface area contributed by atoms with Crippen molar-refractivity contribution in [2.24, 2.45) is 0 Å². The predicted octanol–water partition coefficient (Wildman–Crippen LogP) is 2.40. The minimum absolute atomic E-state index is 0.267. The van der Waals surface area contributed by atoms with Gasteiger partial charge in [-0.25, -0.2) is 0 Å². The van der Waals surface area contributed by atoms with Crippen molar-refractivity contribution in [2.45, 2.75) is 6.42 Å². The molecule has 6 heteroatoms. The van der Waals surface area contributed by atoms with Crippen LogP contribution in [0.3, 0.4) is 0 Å². The first-order valence-corrected chi connectivity index (χ1v) is 8.18. The minimum Gasteiger partial charge on any atom is -0.496 e. The molecule has 3 rings (SSSR count). The van der Waals surface area contributed by atoms with E-state index in [1.807, 2.05) is 19.0 Å². The van der Waals surface area contributed by atoms with E-state index in [9.17, 15) is 9.59 Å². The molecule has 1 heterocycles. The molecule has 2 aromatic carbocycles. The number of imide groups is 1. The van der Waals surface area contributed by atoms with Crippen LogP contribution in [0.2, 0.25) is 0 Å². The van der Waals surface area contributed by atoms with E-state index in [-0.39, 0.29) is 11.8 Å². The lowest BCUT2D eigenvalue weighted by Crippen LogP contribution is -2.41. The Balaban J connectivity index is 2.12. The molecule has 132 valence electrons. The molecular weight excluding hydrogens is 320 g/mol. The maximum atomic E-state index is 12.9. The fourth-order valence-corrected chi connectivity index (χ4v) is 3.26. The van der Waals surface area contributed by atoms with Crippen LogP contribution in [0.1, 0.15) is 27.1 Å². The normalized spacial score (nSPS) is 13.7. The van der Waals surface area contributed by atoms with E-state index in [1.54, 1.807) is 38.5 Å².